The van der Waals surface area contributed by atoms with Gasteiger partial charge in [-0.1, -0.05) is 41.9 Å². The van der Waals surface area contributed by atoms with Crippen molar-refractivity contribution in [1.29, 1.82) is 0 Å². The molecule has 1 aliphatic heterocycles. The zero-order chi connectivity index (χ0) is 19.6. The number of amides is 2. The summed E-state index contributed by atoms with van der Waals surface area (Å²) < 4.78 is 26.6. The highest BCUT2D eigenvalue weighted by molar-refractivity contribution is 7.90. The lowest BCUT2D eigenvalue weighted by Crippen LogP contribution is -2.37. The number of halogens is 1. The van der Waals surface area contributed by atoms with E-state index in [1.165, 1.54) is 18.3 Å². The summed E-state index contributed by atoms with van der Waals surface area (Å²) in [5.74, 6) is -1.65. The first-order chi connectivity index (χ1) is 12.8. The van der Waals surface area contributed by atoms with Crippen molar-refractivity contribution in [2.75, 3.05) is 6.54 Å². The predicted molar refractivity (Wildman–Crippen MR) is 99.3 cm³/mol. The second kappa shape index (κ2) is 7.66. The standard InChI is InChI=1S/C18H18ClN3O4S/c1-12(13-5-3-2-4-6-13)22-11-14(9-17(22)23)18(24)21-27(25,26)16-8-7-15(19)10-20-16/h2-8,10,12,14H,9,11H2,1H3,(H,21,24). The van der Waals surface area contributed by atoms with Gasteiger partial charge in [-0.2, -0.15) is 8.42 Å². The molecule has 0 aliphatic carbocycles. The summed E-state index contributed by atoms with van der Waals surface area (Å²) in [5, 5.41) is -0.0220. The number of hydrogen-bond donors (Lipinski definition) is 1. The Labute approximate surface area is 162 Å². The lowest BCUT2D eigenvalue weighted by Gasteiger charge is -2.25. The van der Waals surface area contributed by atoms with Gasteiger partial charge in [0.05, 0.1) is 17.0 Å². The zero-order valence-electron chi connectivity index (χ0n) is 14.5. The van der Waals surface area contributed by atoms with Crippen molar-refractivity contribution in [3.8, 4) is 0 Å². The minimum Gasteiger partial charge on any atom is -0.335 e. The summed E-state index contributed by atoms with van der Waals surface area (Å²) in [4.78, 5) is 30.1. The molecule has 2 heterocycles. The van der Waals surface area contributed by atoms with Crippen LogP contribution in [0, 0.1) is 5.92 Å². The van der Waals surface area contributed by atoms with E-state index in [-0.39, 0.29) is 35.0 Å². The second-order valence-corrected chi connectivity index (χ2v) is 8.38. The number of carbonyl (C=O) groups excluding carboxylic acids is 2. The van der Waals surface area contributed by atoms with E-state index in [1.54, 1.807) is 4.90 Å². The van der Waals surface area contributed by atoms with Crippen molar-refractivity contribution >= 4 is 33.4 Å². The van der Waals surface area contributed by atoms with Gasteiger partial charge < -0.3 is 4.90 Å². The molecular weight excluding hydrogens is 390 g/mol. The highest BCUT2D eigenvalue weighted by atomic mass is 35.5. The highest BCUT2D eigenvalue weighted by Crippen LogP contribution is 2.28. The van der Waals surface area contributed by atoms with Crippen LogP contribution >= 0.6 is 11.6 Å². The van der Waals surface area contributed by atoms with Gasteiger partial charge in [0.25, 0.3) is 10.0 Å². The molecule has 1 aromatic heterocycles. The Bertz CT molecular complexity index is 948. The first-order valence-corrected chi connectivity index (χ1v) is 10.2. The first kappa shape index (κ1) is 19.3. The molecule has 2 amide bonds. The highest BCUT2D eigenvalue weighted by Gasteiger charge is 2.38. The molecular formula is C18H18ClN3O4S. The van der Waals surface area contributed by atoms with Gasteiger partial charge in [-0.25, -0.2) is 9.71 Å². The van der Waals surface area contributed by atoms with E-state index in [1.807, 2.05) is 42.0 Å². The van der Waals surface area contributed by atoms with Crippen LogP contribution in [-0.4, -0.2) is 36.7 Å². The van der Waals surface area contributed by atoms with Crippen molar-refractivity contribution in [2.45, 2.75) is 24.4 Å². The molecule has 1 aliphatic rings. The van der Waals surface area contributed by atoms with Crippen molar-refractivity contribution in [2.24, 2.45) is 5.92 Å². The van der Waals surface area contributed by atoms with E-state index in [0.29, 0.717) is 0 Å². The molecule has 9 heteroatoms. The van der Waals surface area contributed by atoms with Crippen LogP contribution in [0.3, 0.4) is 0 Å². The summed E-state index contributed by atoms with van der Waals surface area (Å²) in [6, 6.07) is 11.8. The first-order valence-electron chi connectivity index (χ1n) is 8.30. The van der Waals surface area contributed by atoms with Crippen molar-refractivity contribution in [1.82, 2.24) is 14.6 Å². The van der Waals surface area contributed by atoms with Gasteiger partial charge in [0.15, 0.2) is 5.03 Å². The minimum absolute atomic E-state index is 0.0351. The Morgan fingerprint density at radius 3 is 2.59 bits per heavy atom. The molecule has 0 spiro atoms. The summed E-state index contributed by atoms with van der Waals surface area (Å²) in [5.41, 5.74) is 0.949. The number of likely N-dealkylation sites (tertiary alicyclic amines) is 1. The number of sulfonamides is 1. The van der Waals surface area contributed by atoms with E-state index >= 15 is 0 Å². The quantitative estimate of drug-likeness (QED) is 0.819. The maximum atomic E-state index is 12.4. The number of aromatic nitrogens is 1. The van der Waals surface area contributed by atoms with Crippen molar-refractivity contribution in [3.05, 3.63) is 59.2 Å². The number of rotatable bonds is 5. The van der Waals surface area contributed by atoms with Crippen LogP contribution in [0.5, 0.6) is 0 Å². The molecule has 1 fully saturated rings. The predicted octanol–water partition coefficient (Wildman–Crippen LogP) is 2.15. The van der Waals surface area contributed by atoms with Crippen LogP contribution in [0.2, 0.25) is 5.02 Å². The molecule has 2 atom stereocenters. The zero-order valence-corrected chi connectivity index (χ0v) is 16.1. The smallest absolute Gasteiger partial charge is 0.281 e. The number of benzene rings is 1. The third-order valence-corrected chi connectivity index (χ3v) is 5.97. The Kier molecular flexibility index (Phi) is 5.48. The van der Waals surface area contributed by atoms with Crippen LogP contribution in [0.1, 0.15) is 24.9 Å². The molecule has 2 aromatic rings. The lowest BCUT2D eigenvalue weighted by molar-refractivity contribution is -0.130. The van der Waals surface area contributed by atoms with E-state index in [2.05, 4.69) is 4.98 Å². The number of nitrogens with zero attached hydrogens (tertiary/aromatic N) is 2. The van der Waals surface area contributed by atoms with Crippen LogP contribution in [-0.2, 0) is 19.6 Å². The Morgan fingerprint density at radius 2 is 1.96 bits per heavy atom. The van der Waals surface area contributed by atoms with Gasteiger partial charge in [-0.15, -0.1) is 0 Å². The van der Waals surface area contributed by atoms with Gasteiger partial charge in [-0.05, 0) is 24.6 Å². The van der Waals surface area contributed by atoms with E-state index in [9.17, 15) is 18.0 Å². The monoisotopic (exact) mass is 407 g/mol. The molecule has 0 radical (unpaired) electrons. The van der Waals surface area contributed by atoms with Gasteiger partial charge in [-0.3, -0.25) is 9.59 Å². The van der Waals surface area contributed by atoms with E-state index < -0.39 is 21.8 Å². The molecule has 27 heavy (non-hydrogen) atoms. The molecule has 142 valence electrons. The fourth-order valence-electron chi connectivity index (χ4n) is 2.98. The fraction of sp³-hybridized carbons (Fsp3) is 0.278. The normalized spacial score (nSPS) is 18.4. The van der Waals surface area contributed by atoms with Crippen molar-refractivity contribution < 1.29 is 18.0 Å². The van der Waals surface area contributed by atoms with Crippen LogP contribution in [0.15, 0.2) is 53.7 Å². The third-order valence-electron chi connectivity index (χ3n) is 4.49. The van der Waals surface area contributed by atoms with Gasteiger partial charge in [0.1, 0.15) is 0 Å². The molecule has 1 N–H and O–H groups in total. The fourth-order valence-corrected chi connectivity index (χ4v) is 4.07. The largest absolute Gasteiger partial charge is 0.335 e. The van der Waals surface area contributed by atoms with Crippen LogP contribution in [0.4, 0.5) is 0 Å². The molecule has 2 unspecified atom stereocenters. The lowest BCUT2D eigenvalue weighted by atomic mass is 10.1. The number of nitrogens with one attached hydrogen (secondary N) is 1. The third kappa shape index (κ3) is 4.28. The topological polar surface area (TPSA) is 96.4 Å². The molecule has 1 saturated heterocycles. The maximum Gasteiger partial charge on any atom is 0.281 e. The summed E-state index contributed by atoms with van der Waals surface area (Å²) in [7, 11) is -4.12. The summed E-state index contributed by atoms with van der Waals surface area (Å²) >= 11 is 5.70. The maximum absolute atomic E-state index is 12.4. The van der Waals surface area contributed by atoms with E-state index in [4.69, 9.17) is 11.6 Å². The molecule has 0 saturated carbocycles. The minimum atomic E-state index is -4.12. The van der Waals surface area contributed by atoms with Gasteiger partial charge >= 0.3 is 0 Å². The number of pyridine rings is 1. The SMILES string of the molecule is CC(c1ccccc1)N1CC(C(=O)NS(=O)(=O)c2ccc(Cl)cn2)CC1=O. The summed E-state index contributed by atoms with van der Waals surface area (Å²) in [6.07, 6.45) is 1.15. The van der Waals surface area contributed by atoms with Crippen LogP contribution < -0.4 is 4.72 Å². The molecule has 1 aromatic carbocycles. The second-order valence-electron chi connectivity index (χ2n) is 6.32. The molecule has 3 rings (SSSR count). The Balaban J connectivity index is 1.69. The Hall–Kier alpha value is -2.45. The van der Waals surface area contributed by atoms with Crippen LogP contribution in [0.25, 0.3) is 0 Å². The Morgan fingerprint density at radius 1 is 1.26 bits per heavy atom. The van der Waals surface area contributed by atoms with Crippen molar-refractivity contribution in [3.63, 3.8) is 0 Å². The molecule has 0 bridgehead atoms. The number of hydrogen-bond acceptors (Lipinski definition) is 5. The van der Waals surface area contributed by atoms with E-state index in [0.717, 1.165) is 5.56 Å². The van der Waals surface area contributed by atoms with Gasteiger partial charge in [0, 0.05) is 19.2 Å². The average molecular weight is 408 g/mol. The van der Waals surface area contributed by atoms with Gasteiger partial charge in [0.2, 0.25) is 11.8 Å². The average Bonchev–Trinajstić information content (AvgIpc) is 3.04. The summed E-state index contributed by atoms with van der Waals surface area (Å²) in [6.45, 7) is 2.03. The number of carbonyl (C=O) groups is 2. The molecule has 7 nitrogen and oxygen atoms in total.